The molecule has 0 radical (unpaired) electrons. The molecule has 0 bridgehead atoms. The second kappa shape index (κ2) is 4.70. The summed E-state index contributed by atoms with van der Waals surface area (Å²) in [7, 11) is 0. The number of anilines is 2. The van der Waals surface area contributed by atoms with Gasteiger partial charge in [-0.1, -0.05) is 6.07 Å². The molecule has 100 valence electrons. The Morgan fingerprint density at radius 1 is 1.25 bits per heavy atom. The number of nitrogens with two attached hydrogens (primary N) is 1. The lowest BCUT2D eigenvalue weighted by atomic mass is 10.2. The molecule has 0 saturated heterocycles. The van der Waals surface area contributed by atoms with E-state index in [1.54, 1.807) is 24.4 Å². The summed E-state index contributed by atoms with van der Waals surface area (Å²) in [6, 6.07) is 10.9. The summed E-state index contributed by atoms with van der Waals surface area (Å²) in [5.74, 6) is 0.301. The fourth-order valence-electron chi connectivity index (χ4n) is 2.00. The molecular weight excluding hydrogens is 252 g/mol. The van der Waals surface area contributed by atoms with E-state index in [1.807, 2.05) is 25.1 Å². The highest BCUT2D eigenvalue weighted by Gasteiger charge is 2.10. The van der Waals surface area contributed by atoms with Crippen molar-refractivity contribution in [1.29, 1.82) is 0 Å². The van der Waals surface area contributed by atoms with Crippen LogP contribution in [-0.2, 0) is 0 Å². The van der Waals surface area contributed by atoms with E-state index in [0.29, 0.717) is 17.2 Å². The summed E-state index contributed by atoms with van der Waals surface area (Å²) in [6.07, 6.45) is 1.71. The van der Waals surface area contributed by atoms with Crippen LogP contribution in [0, 0.1) is 6.92 Å². The number of nitrogens with zero attached hydrogens (tertiary/aromatic N) is 1. The number of aromatic nitrogens is 2. The third-order valence-corrected chi connectivity index (χ3v) is 3.04. The SMILES string of the molecule is Cc1ccc(NC(=O)c2cc3cc(N)ccc3[nH]2)nc1. The topological polar surface area (TPSA) is 83.8 Å². The number of rotatable bonds is 2. The summed E-state index contributed by atoms with van der Waals surface area (Å²) in [5, 5.41) is 3.66. The summed E-state index contributed by atoms with van der Waals surface area (Å²) in [6.45, 7) is 1.95. The number of hydrogen-bond donors (Lipinski definition) is 3. The van der Waals surface area contributed by atoms with E-state index in [9.17, 15) is 4.79 Å². The zero-order valence-corrected chi connectivity index (χ0v) is 11.0. The number of carbonyl (C=O) groups excluding carboxylic acids is 1. The van der Waals surface area contributed by atoms with Crippen molar-refractivity contribution in [3.05, 3.63) is 53.9 Å². The number of aromatic amines is 1. The van der Waals surface area contributed by atoms with E-state index in [2.05, 4.69) is 15.3 Å². The lowest BCUT2D eigenvalue weighted by Crippen LogP contribution is -2.13. The number of amides is 1. The minimum atomic E-state index is -0.226. The molecule has 5 nitrogen and oxygen atoms in total. The van der Waals surface area contributed by atoms with Gasteiger partial charge in [0.15, 0.2) is 0 Å². The quantitative estimate of drug-likeness (QED) is 0.623. The number of aryl methyl sites for hydroxylation is 1. The van der Waals surface area contributed by atoms with Gasteiger partial charge in [0.1, 0.15) is 11.5 Å². The van der Waals surface area contributed by atoms with Gasteiger partial charge in [-0.2, -0.15) is 0 Å². The molecule has 0 spiro atoms. The highest BCUT2D eigenvalue weighted by atomic mass is 16.1. The zero-order valence-electron chi connectivity index (χ0n) is 11.0. The summed E-state index contributed by atoms with van der Waals surface area (Å²) in [4.78, 5) is 19.3. The van der Waals surface area contributed by atoms with E-state index in [-0.39, 0.29) is 5.91 Å². The first-order valence-electron chi connectivity index (χ1n) is 6.24. The van der Waals surface area contributed by atoms with Crippen molar-refractivity contribution in [2.75, 3.05) is 11.1 Å². The lowest BCUT2D eigenvalue weighted by Gasteiger charge is -2.02. The molecule has 3 aromatic rings. The Balaban J connectivity index is 1.86. The maximum absolute atomic E-state index is 12.1. The number of carbonyl (C=O) groups is 1. The Morgan fingerprint density at radius 3 is 2.85 bits per heavy atom. The molecule has 0 fully saturated rings. The van der Waals surface area contributed by atoms with Crippen molar-refractivity contribution in [3.63, 3.8) is 0 Å². The van der Waals surface area contributed by atoms with Crippen LogP contribution in [0.5, 0.6) is 0 Å². The maximum Gasteiger partial charge on any atom is 0.273 e. The van der Waals surface area contributed by atoms with Gasteiger partial charge in [-0.25, -0.2) is 4.98 Å². The number of nitrogen functional groups attached to an aromatic ring is 1. The average Bonchev–Trinajstić information content (AvgIpc) is 2.84. The zero-order chi connectivity index (χ0) is 14.1. The van der Waals surface area contributed by atoms with Crippen molar-refractivity contribution in [3.8, 4) is 0 Å². The second-order valence-corrected chi connectivity index (χ2v) is 4.70. The third-order valence-electron chi connectivity index (χ3n) is 3.04. The van der Waals surface area contributed by atoms with Gasteiger partial charge in [0, 0.05) is 22.8 Å². The van der Waals surface area contributed by atoms with Crippen LogP contribution in [0.1, 0.15) is 16.1 Å². The first-order valence-corrected chi connectivity index (χ1v) is 6.24. The van der Waals surface area contributed by atoms with Gasteiger partial charge in [0.2, 0.25) is 0 Å². The highest BCUT2D eigenvalue weighted by molar-refractivity contribution is 6.05. The van der Waals surface area contributed by atoms with E-state index >= 15 is 0 Å². The van der Waals surface area contributed by atoms with E-state index in [1.165, 1.54) is 0 Å². The molecule has 0 saturated carbocycles. The Morgan fingerprint density at radius 2 is 2.10 bits per heavy atom. The normalized spacial score (nSPS) is 10.7. The van der Waals surface area contributed by atoms with Gasteiger partial charge in [0.25, 0.3) is 5.91 Å². The Labute approximate surface area is 115 Å². The fraction of sp³-hybridized carbons (Fsp3) is 0.0667. The maximum atomic E-state index is 12.1. The molecule has 0 aliphatic rings. The molecule has 0 atom stereocenters. The predicted molar refractivity (Wildman–Crippen MR) is 79.6 cm³/mol. The Bertz CT molecular complexity index is 774. The highest BCUT2D eigenvalue weighted by Crippen LogP contribution is 2.19. The molecule has 2 heterocycles. The standard InChI is InChI=1S/C15H14N4O/c1-9-2-5-14(17-8-9)19-15(20)13-7-10-6-11(16)3-4-12(10)18-13/h2-8,18H,16H2,1H3,(H,17,19,20). The molecule has 5 heteroatoms. The molecule has 1 amide bonds. The van der Waals surface area contributed by atoms with Crippen LogP contribution in [0.15, 0.2) is 42.6 Å². The number of fused-ring (bicyclic) bond motifs is 1. The van der Waals surface area contributed by atoms with Gasteiger partial charge in [0.05, 0.1) is 0 Å². The second-order valence-electron chi connectivity index (χ2n) is 4.70. The van der Waals surface area contributed by atoms with Gasteiger partial charge in [-0.05, 0) is 42.8 Å². The van der Waals surface area contributed by atoms with Gasteiger partial charge >= 0.3 is 0 Å². The molecule has 0 unspecified atom stereocenters. The van der Waals surface area contributed by atoms with E-state index < -0.39 is 0 Å². The van der Waals surface area contributed by atoms with Crippen LogP contribution in [0.2, 0.25) is 0 Å². The minimum absolute atomic E-state index is 0.226. The molecule has 20 heavy (non-hydrogen) atoms. The van der Waals surface area contributed by atoms with Crippen LogP contribution < -0.4 is 11.1 Å². The Hall–Kier alpha value is -2.82. The van der Waals surface area contributed by atoms with Crippen LogP contribution in [0.3, 0.4) is 0 Å². The van der Waals surface area contributed by atoms with Crippen molar-refractivity contribution < 1.29 is 4.79 Å². The number of hydrogen-bond acceptors (Lipinski definition) is 3. The number of pyridine rings is 1. The van der Waals surface area contributed by atoms with Crippen molar-refractivity contribution in [2.24, 2.45) is 0 Å². The van der Waals surface area contributed by atoms with E-state index in [0.717, 1.165) is 16.5 Å². The molecule has 4 N–H and O–H groups in total. The number of benzene rings is 1. The summed E-state index contributed by atoms with van der Waals surface area (Å²) >= 11 is 0. The molecule has 2 aromatic heterocycles. The third kappa shape index (κ3) is 2.33. The van der Waals surface area contributed by atoms with Crippen LogP contribution in [-0.4, -0.2) is 15.9 Å². The monoisotopic (exact) mass is 266 g/mol. The average molecular weight is 266 g/mol. The summed E-state index contributed by atoms with van der Waals surface area (Å²) in [5.41, 5.74) is 8.79. The van der Waals surface area contributed by atoms with Crippen molar-refractivity contribution >= 4 is 28.3 Å². The molecule has 1 aromatic carbocycles. The van der Waals surface area contributed by atoms with E-state index in [4.69, 9.17) is 5.73 Å². The largest absolute Gasteiger partial charge is 0.399 e. The van der Waals surface area contributed by atoms with Crippen molar-refractivity contribution in [2.45, 2.75) is 6.92 Å². The fourth-order valence-corrected chi connectivity index (χ4v) is 2.00. The van der Waals surface area contributed by atoms with Gasteiger partial charge in [-0.15, -0.1) is 0 Å². The molecule has 0 aliphatic heterocycles. The molecular formula is C15H14N4O. The van der Waals surface area contributed by atoms with Crippen molar-refractivity contribution in [1.82, 2.24) is 9.97 Å². The van der Waals surface area contributed by atoms with Gasteiger partial charge in [-0.3, -0.25) is 4.79 Å². The molecule has 3 rings (SSSR count). The predicted octanol–water partition coefficient (Wildman–Crippen LogP) is 2.71. The van der Waals surface area contributed by atoms with Crippen LogP contribution in [0.4, 0.5) is 11.5 Å². The lowest BCUT2D eigenvalue weighted by molar-refractivity contribution is 0.102. The van der Waals surface area contributed by atoms with Crippen LogP contribution >= 0.6 is 0 Å². The summed E-state index contributed by atoms with van der Waals surface area (Å²) < 4.78 is 0. The smallest absolute Gasteiger partial charge is 0.273 e. The Kier molecular flexibility index (Phi) is 2.87. The first kappa shape index (κ1) is 12.2. The molecule has 0 aliphatic carbocycles. The minimum Gasteiger partial charge on any atom is -0.399 e. The van der Waals surface area contributed by atoms with Gasteiger partial charge < -0.3 is 16.0 Å². The number of H-pyrrole nitrogens is 1. The number of nitrogens with one attached hydrogen (secondary N) is 2. The van der Waals surface area contributed by atoms with Crippen LogP contribution in [0.25, 0.3) is 10.9 Å². The first-order chi connectivity index (χ1) is 9.61.